The molecule has 0 amide bonds. The summed E-state index contributed by atoms with van der Waals surface area (Å²) in [6, 6.07) is 3.78. The highest BCUT2D eigenvalue weighted by molar-refractivity contribution is 5.14. The summed E-state index contributed by atoms with van der Waals surface area (Å²) in [5.41, 5.74) is 7.24. The van der Waals surface area contributed by atoms with Crippen LogP contribution in [-0.4, -0.2) is 16.6 Å². The quantitative estimate of drug-likeness (QED) is 0.730. The Labute approximate surface area is 78.6 Å². The van der Waals surface area contributed by atoms with Crippen LogP contribution in [0.3, 0.4) is 0 Å². The first-order chi connectivity index (χ1) is 6.15. The SMILES string of the molecule is Cc1ccc(C(O)C(C)CN)nc1. The molecule has 0 saturated heterocycles. The van der Waals surface area contributed by atoms with Crippen LogP contribution in [-0.2, 0) is 0 Å². The van der Waals surface area contributed by atoms with Crippen molar-refractivity contribution < 1.29 is 5.11 Å². The fourth-order valence-corrected chi connectivity index (χ4v) is 1.07. The van der Waals surface area contributed by atoms with Crippen molar-refractivity contribution in [2.75, 3.05) is 6.54 Å². The fraction of sp³-hybridized carbons (Fsp3) is 0.500. The Morgan fingerprint density at radius 2 is 2.23 bits per heavy atom. The van der Waals surface area contributed by atoms with E-state index in [2.05, 4.69) is 4.98 Å². The van der Waals surface area contributed by atoms with Crippen molar-refractivity contribution in [3.63, 3.8) is 0 Å². The Morgan fingerprint density at radius 3 is 2.69 bits per heavy atom. The third-order valence-corrected chi connectivity index (χ3v) is 2.15. The number of aryl methyl sites for hydroxylation is 1. The third kappa shape index (κ3) is 2.50. The second-order valence-corrected chi connectivity index (χ2v) is 3.42. The molecule has 2 atom stereocenters. The Hall–Kier alpha value is -0.930. The van der Waals surface area contributed by atoms with E-state index in [4.69, 9.17) is 5.73 Å². The van der Waals surface area contributed by atoms with Crippen LogP contribution in [0.5, 0.6) is 0 Å². The van der Waals surface area contributed by atoms with Gasteiger partial charge in [-0.05, 0) is 31.0 Å². The van der Waals surface area contributed by atoms with E-state index in [9.17, 15) is 5.11 Å². The van der Waals surface area contributed by atoms with Crippen molar-refractivity contribution in [2.24, 2.45) is 11.7 Å². The molecule has 1 aromatic heterocycles. The van der Waals surface area contributed by atoms with Gasteiger partial charge in [-0.25, -0.2) is 0 Å². The molecule has 3 N–H and O–H groups in total. The van der Waals surface area contributed by atoms with Crippen molar-refractivity contribution in [1.29, 1.82) is 0 Å². The topological polar surface area (TPSA) is 59.1 Å². The zero-order valence-corrected chi connectivity index (χ0v) is 8.07. The van der Waals surface area contributed by atoms with E-state index >= 15 is 0 Å². The van der Waals surface area contributed by atoms with Gasteiger partial charge in [0.25, 0.3) is 0 Å². The first-order valence-electron chi connectivity index (χ1n) is 4.46. The lowest BCUT2D eigenvalue weighted by Crippen LogP contribution is -2.19. The molecule has 0 spiro atoms. The van der Waals surface area contributed by atoms with Crippen molar-refractivity contribution >= 4 is 0 Å². The average molecular weight is 180 g/mol. The molecule has 0 bridgehead atoms. The Bertz CT molecular complexity index is 258. The van der Waals surface area contributed by atoms with Gasteiger partial charge in [0, 0.05) is 6.20 Å². The summed E-state index contributed by atoms with van der Waals surface area (Å²) in [6.45, 7) is 4.35. The first kappa shape index (κ1) is 10.2. The lowest BCUT2D eigenvalue weighted by Gasteiger charge is -2.16. The van der Waals surface area contributed by atoms with Gasteiger partial charge in [-0.1, -0.05) is 13.0 Å². The molecule has 72 valence electrons. The molecule has 1 rings (SSSR count). The van der Waals surface area contributed by atoms with Gasteiger partial charge in [0.2, 0.25) is 0 Å². The van der Waals surface area contributed by atoms with Gasteiger partial charge in [0.15, 0.2) is 0 Å². The van der Waals surface area contributed by atoms with Crippen LogP contribution in [0.4, 0.5) is 0 Å². The number of hydrogen-bond acceptors (Lipinski definition) is 3. The number of nitrogens with two attached hydrogens (primary N) is 1. The molecule has 0 saturated carbocycles. The van der Waals surface area contributed by atoms with Crippen molar-refractivity contribution in [2.45, 2.75) is 20.0 Å². The Kier molecular flexibility index (Phi) is 3.39. The predicted molar refractivity (Wildman–Crippen MR) is 52.2 cm³/mol. The van der Waals surface area contributed by atoms with Crippen molar-refractivity contribution in [3.05, 3.63) is 29.6 Å². The van der Waals surface area contributed by atoms with Gasteiger partial charge >= 0.3 is 0 Å². The largest absolute Gasteiger partial charge is 0.386 e. The summed E-state index contributed by atoms with van der Waals surface area (Å²) in [5.74, 6) is 0.0511. The number of aromatic nitrogens is 1. The maximum Gasteiger partial charge on any atom is 0.0997 e. The van der Waals surface area contributed by atoms with Crippen LogP contribution in [0, 0.1) is 12.8 Å². The highest BCUT2D eigenvalue weighted by atomic mass is 16.3. The van der Waals surface area contributed by atoms with Crippen molar-refractivity contribution in [3.8, 4) is 0 Å². The smallest absolute Gasteiger partial charge is 0.0997 e. The van der Waals surface area contributed by atoms with Crippen LogP contribution in [0.2, 0.25) is 0 Å². The number of hydrogen-bond donors (Lipinski definition) is 2. The molecule has 0 aliphatic rings. The van der Waals surface area contributed by atoms with E-state index in [1.807, 2.05) is 26.0 Å². The second-order valence-electron chi connectivity index (χ2n) is 3.42. The highest BCUT2D eigenvalue weighted by Gasteiger charge is 2.15. The van der Waals surface area contributed by atoms with Gasteiger partial charge in [0.1, 0.15) is 0 Å². The number of aliphatic hydroxyl groups is 1. The summed E-state index contributed by atoms with van der Waals surface area (Å²) in [6.07, 6.45) is 1.20. The number of pyridine rings is 1. The summed E-state index contributed by atoms with van der Waals surface area (Å²) >= 11 is 0. The summed E-state index contributed by atoms with van der Waals surface area (Å²) in [7, 11) is 0. The molecular formula is C10H16N2O. The molecule has 13 heavy (non-hydrogen) atoms. The highest BCUT2D eigenvalue weighted by Crippen LogP contribution is 2.18. The van der Waals surface area contributed by atoms with Crippen LogP contribution >= 0.6 is 0 Å². The lowest BCUT2D eigenvalue weighted by molar-refractivity contribution is 0.117. The monoisotopic (exact) mass is 180 g/mol. The molecule has 0 aliphatic heterocycles. The average Bonchev–Trinajstić information content (AvgIpc) is 2.17. The third-order valence-electron chi connectivity index (χ3n) is 2.15. The molecule has 3 nitrogen and oxygen atoms in total. The van der Waals surface area contributed by atoms with E-state index in [-0.39, 0.29) is 5.92 Å². The van der Waals surface area contributed by atoms with E-state index in [1.54, 1.807) is 6.20 Å². The van der Waals surface area contributed by atoms with Crippen LogP contribution < -0.4 is 5.73 Å². The van der Waals surface area contributed by atoms with E-state index < -0.39 is 6.10 Å². The number of nitrogens with zero attached hydrogens (tertiary/aromatic N) is 1. The number of aliphatic hydroxyl groups excluding tert-OH is 1. The van der Waals surface area contributed by atoms with E-state index in [1.165, 1.54) is 0 Å². The first-order valence-corrected chi connectivity index (χ1v) is 4.46. The minimum atomic E-state index is -0.550. The van der Waals surface area contributed by atoms with E-state index in [0.717, 1.165) is 5.56 Å². The summed E-state index contributed by atoms with van der Waals surface area (Å²) in [5, 5.41) is 9.74. The zero-order chi connectivity index (χ0) is 9.84. The lowest BCUT2D eigenvalue weighted by atomic mass is 10.0. The maximum atomic E-state index is 9.74. The van der Waals surface area contributed by atoms with Gasteiger partial charge < -0.3 is 10.8 Å². The maximum absolute atomic E-state index is 9.74. The minimum Gasteiger partial charge on any atom is -0.386 e. The second kappa shape index (κ2) is 4.35. The molecule has 0 fully saturated rings. The van der Waals surface area contributed by atoms with Gasteiger partial charge in [0.05, 0.1) is 11.8 Å². The Balaban J connectivity index is 2.77. The van der Waals surface area contributed by atoms with Crippen LogP contribution in [0.25, 0.3) is 0 Å². The molecule has 0 aliphatic carbocycles. The van der Waals surface area contributed by atoms with E-state index in [0.29, 0.717) is 12.2 Å². The van der Waals surface area contributed by atoms with Crippen molar-refractivity contribution in [1.82, 2.24) is 4.98 Å². The predicted octanol–water partition coefficient (Wildman–Crippen LogP) is 1.02. The van der Waals surface area contributed by atoms with Gasteiger partial charge in [-0.3, -0.25) is 4.98 Å². The molecule has 0 aromatic carbocycles. The fourth-order valence-electron chi connectivity index (χ4n) is 1.07. The summed E-state index contributed by atoms with van der Waals surface area (Å²) in [4.78, 5) is 4.14. The van der Waals surface area contributed by atoms with Gasteiger partial charge in [-0.15, -0.1) is 0 Å². The molecule has 1 aromatic rings. The van der Waals surface area contributed by atoms with Crippen LogP contribution in [0.1, 0.15) is 24.3 Å². The Morgan fingerprint density at radius 1 is 1.54 bits per heavy atom. The standard InChI is InChI=1S/C10H16N2O/c1-7-3-4-9(12-6-7)10(13)8(2)5-11/h3-4,6,8,10,13H,5,11H2,1-2H3. The summed E-state index contributed by atoms with van der Waals surface area (Å²) < 4.78 is 0. The molecule has 0 radical (unpaired) electrons. The number of rotatable bonds is 3. The molecule has 3 heteroatoms. The molecule has 2 unspecified atom stereocenters. The molecule has 1 heterocycles. The normalized spacial score (nSPS) is 15.4. The van der Waals surface area contributed by atoms with Gasteiger partial charge in [-0.2, -0.15) is 0 Å². The zero-order valence-electron chi connectivity index (χ0n) is 8.07. The minimum absolute atomic E-state index is 0.0511. The molecular weight excluding hydrogens is 164 g/mol. The van der Waals surface area contributed by atoms with Crippen LogP contribution in [0.15, 0.2) is 18.3 Å².